The third-order valence-corrected chi connectivity index (χ3v) is 2.02. The Morgan fingerprint density at radius 1 is 1.67 bits per heavy atom. The molecule has 1 aromatic rings. The first-order valence-corrected chi connectivity index (χ1v) is 3.36. The molecule has 1 aliphatic rings. The van der Waals surface area contributed by atoms with Gasteiger partial charge in [-0.2, -0.15) is 0 Å². The van der Waals surface area contributed by atoms with E-state index < -0.39 is 0 Å². The van der Waals surface area contributed by atoms with Gasteiger partial charge in [0.25, 0.3) is 0 Å². The Morgan fingerprint density at radius 3 is 2.78 bits per heavy atom. The van der Waals surface area contributed by atoms with Crippen LogP contribution < -0.4 is 0 Å². The van der Waals surface area contributed by atoms with Crippen LogP contribution in [0.3, 0.4) is 0 Å². The van der Waals surface area contributed by atoms with Gasteiger partial charge < -0.3 is 4.42 Å². The van der Waals surface area contributed by atoms with Crippen LogP contribution in [0.1, 0.15) is 29.9 Å². The summed E-state index contributed by atoms with van der Waals surface area (Å²) >= 11 is 0. The van der Waals surface area contributed by atoms with Crippen molar-refractivity contribution in [2.45, 2.75) is 26.2 Å². The number of fused-ring (bicyclic) bond motifs is 2. The van der Waals surface area contributed by atoms with Gasteiger partial charge in [0.05, 0.1) is 0 Å². The second kappa shape index (κ2) is 1.41. The highest BCUT2D eigenvalue weighted by molar-refractivity contribution is 5.28. The quantitative estimate of drug-likeness (QED) is 0.514. The summed E-state index contributed by atoms with van der Waals surface area (Å²) in [4.78, 5) is 0. The van der Waals surface area contributed by atoms with Gasteiger partial charge in [0, 0.05) is 12.3 Å². The zero-order valence-electron chi connectivity index (χ0n) is 5.77. The molecule has 0 amide bonds. The van der Waals surface area contributed by atoms with Gasteiger partial charge in [-0.1, -0.05) is 6.92 Å². The van der Waals surface area contributed by atoms with E-state index in [1.165, 1.54) is 17.1 Å². The predicted molar refractivity (Wildman–Crippen MR) is 35.6 cm³/mol. The molecule has 1 aromatic heterocycles. The maximum Gasteiger partial charge on any atom is 0.107 e. The summed E-state index contributed by atoms with van der Waals surface area (Å²) < 4.78 is 5.44. The van der Waals surface area contributed by atoms with Crippen molar-refractivity contribution in [2.24, 2.45) is 0 Å². The van der Waals surface area contributed by atoms with E-state index >= 15 is 0 Å². The molecule has 0 saturated carbocycles. The molecule has 0 spiro atoms. The summed E-state index contributed by atoms with van der Waals surface area (Å²) in [5.74, 6) is 3.00. The van der Waals surface area contributed by atoms with Crippen molar-refractivity contribution in [1.82, 2.24) is 0 Å². The molecule has 2 bridgehead atoms. The van der Waals surface area contributed by atoms with E-state index in [1.807, 2.05) is 0 Å². The van der Waals surface area contributed by atoms with E-state index in [-0.39, 0.29) is 0 Å². The van der Waals surface area contributed by atoms with Crippen molar-refractivity contribution >= 4 is 0 Å². The average Bonchev–Trinajstić information content (AvgIpc) is 2.24. The first-order valence-electron chi connectivity index (χ1n) is 3.36. The smallest absolute Gasteiger partial charge is 0.107 e. The van der Waals surface area contributed by atoms with Gasteiger partial charge in [-0.25, -0.2) is 0 Å². The monoisotopic (exact) mass is 122 g/mol. The molecular weight excluding hydrogens is 112 g/mol. The molecule has 0 aliphatic carbocycles. The Morgan fingerprint density at radius 2 is 2.44 bits per heavy atom. The maximum absolute atomic E-state index is 5.44. The minimum atomic E-state index is 0.642. The van der Waals surface area contributed by atoms with Crippen LogP contribution >= 0.6 is 0 Å². The molecule has 0 aromatic carbocycles. The summed E-state index contributed by atoms with van der Waals surface area (Å²) in [6.45, 7) is 4.31. The molecule has 2 heterocycles. The van der Waals surface area contributed by atoms with Crippen LogP contribution in [-0.4, -0.2) is 0 Å². The van der Waals surface area contributed by atoms with E-state index in [0.717, 1.165) is 6.42 Å². The van der Waals surface area contributed by atoms with E-state index in [1.54, 1.807) is 0 Å². The normalized spacial score (nSPS) is 23.1. The van der Waals surface area contributed by atoms with Crippen molar-refractivity contribution in [3.8, 4) is 0 Å². The fourth-order valence-corrected chi connectivity index (χ4v) is 1.37. The zero-order valence-corrected chi connectivity index (χ0v) is 5.77. The summed E-state index contributed by atoms with van der Waals surface area (Å²) in [5.41, 5.74) is 1.32. The molecular formula is C8H10O. The minimum absolute atomic E-state index is 0.642. The van der Waals surface area contributed by atoms with Gasteiger partial charge >= 0.3 is 0 Å². The van der Waals surface area contributed by atoms with Gasteiger partial charge in [0.2, 0.25) is 0 Å². The highest BCUT2D eigenvalue weighted by atomic mass is 16.3. The van der Waals surface area contributed by atoms with Crippen molar-refractivity contribution in [2.75, 3.05) is 0 Å². The van der Waals surface area contributed by atoms with Crippen LogP contribution in [0.25, 0.3) is 0 Å². The molecule has 0 N–H and O–H groups in total. The summed E-state index contributed by atoms with van der Waals surface area (Å²) in [5, 5.41) is 0. The van der Waals surface area contributed by atoms with Gasteiger partial charge in [-0.3, -0.25) is 0 Å². The highest BCUT2D eigenvalue weighted by Crippen LogP contribution is 2.33. The summed E-state index contributed by atoms with van der Waals surface area (Å²) in [7, 11) is 0. The van der Waals surface area contributed by atoms with Crippen molar-refractivity contribution in [3.63, 3.8) is 0 Å². The van der Waals surface area contributed by atoms with Crippen LogP contribution in [0, 0.1) is 6.92 Å². The first-order chi connectivity index (χ1) is 4.27. The fraction of sp³-hybridized carbons (Fsp3) is 0.500. The summed E-state index contributed by atoms with van der Waals surface area (Å²) in [6.07, 6.45) is 1.12. The largest absolute Gasteiger partial charge is 0.465 e. The number of hydrogen-bond acceptors (Lipinski definition) is 1. The lowest BCUT2D eigenvalue weighted by molar-refractivity contribution is 0.528. The molecule has 2 rings (SSSR count). The Labute approximate surface area is 54.7 Å². The molecule has 1 unspecified atom stereocenters. The number of furan rings is 1. The zero-order chi connectivity index (χ0) is 6.43. The Kier molecular flexibility index (Phi) is 0.797. The van der Waals surface area contributed by atoms with Crippen LogP contribution in [0.15, 0.2) is 10.5 Å². The first kappa shape index (κ1) is 5.10. The Balaban J connectivity index is 2.56. The SMILES string of the molecule is Cc1cc2oc1CC2C. The molecule has 1 nitrogen and oxygen atoms in total. The van der Waals surface area contributed by atoms with Gasteiger partial charge in [0.1, 0.15) is 11.5 Å². The second-order valence-electron chi connectivity index (χ2n) is 2.86. The standard InChI is InChI=1S/C8H10O/c1-5-3-8-6(2)4-7(5)9-8/h3,6H,4H2,1-2H3. The minimum Gasteiger partial charge on any atom is -0.465 e. The predicted octanol–water partition coefficient (Wildman–Crippen LogP) is 2.25. The number of hydrogen-bond donors (Lipinski definition) is 0. The second-order valence-corrected chi connectivity index (χ2v) is 2.86. The average molecular weight is 122 g/mol. The highest BCUT2D eigenvalue weighted by Gasteiger charge is 2.22. The van der Waals surface area contributed by atoms with Gasteiger partial charge in [-0.05, 0) is 18.6 Å². The lowest BCUT2D eigenvalue weighted by atomic mass is 9.98. The molecule has 0 fully saturated rings. The third kappa shape index (κ3) is 0.546. The molecule has 0 saturated heterocycles. The lowest BCUT2D eigenvalue weighted by Gasteiger charge is -2.00. The number of aryl methyl sites for hydroxylation is 1. The summed E-state index contributed by atoms with van der Waals surface area (Å²) in [6, 6.07) is 2.14. The van der Waals surface area contributed by atoms with Gasteiger partial charge in [0.15, 0.2) is 0 Å². The van der Waals surface area contributed by atoms with E-state index in [0.29, 0.717) is 5.92 Å². The molecule has 48 valence electrons. The van der Waals surface area contributed by atoms with E-state index in [4.69, 9.17) is 4.42 Å². The van der Waals surface area contributed by atoms with Crippen LogP contribution in [-0.2, 0) is 6.42 Å². The molecule has 1 heteroatoms. The number of rotatable bonds is 0. The van der Waals surface area contributed by atoms with Gasteiger partial charge in [-0.15, -0.1) is 0 Å². The molecule has 9 heavy (non-hydrogen) atoms. The van der Waals surface area contributed by atoms with Crippen molar-refractivity contribution < 1.29 is 4.42 Å². The van der Waals surface area contributed by atoms with Crippen molar-refractivity contribution in [1.29, 1.82) is 0 Å². The van der Waals surface area contributed by atoms with Crippen LogP contribution in [0.5, 0.6) is 0 Å². The van der Waals surface area contributed by atoms with E-state index in [2.05, 4.69) is 19.9 Å². The lowest BCUT2D eigenvalue weighted by Crippen LogP contribution is -1.93. The molecule has 1 aliphatic heterocycles. The topological polar surface area (TPSA) is 13.1 Å². The van der Waals surface area contributed by atoms with Crippen LogP contribution in [0.2, 0.25) is 0 Å². The maximum atomic E-state index is 5.44. The van der Waals surface area contributed by atoms with Crippen LogP contribution in [0.4, 0.5) is 0 Å². The third-order valence-electron chi connectivity index (χ3n) is 2.02. The van der Waals surface area contributed by atoms with E-state index in [9.17, 15) is 0 Å². The fourth-order valence-electron chi connectivity index (χ4n) is 1.37. The molecule has 1 atom stereocenters. The van der Waals surface area contributed by atoms with Crippen molar-refractivity contribution in [3.05, 3.63) is 23.2 Å². The Hall–Kier alpha value is -0.720. The Bertz CT molecular complexity index is 231. The molecule has 0 radical (unpaired) electrons.